The second kappa shape index (κ2) is 13.4. The normalized spacial score (nSPS) is 22.9. The van der Waals surface area contributed by atoms with Gasteiger partial charge in [0.25, 0.3) is 0 Å². The third kappa shape index (κ3) is 7.47. The third-order valence-electron chi connectivity index (χ3n) is 8.33. The highest BCUT2D eigenvalue weighted by atomic mass is 16.7. The van der Waals surface area contributed by atoms with Crippen molar-refractivity contribution in [2.24, 2.45) is 11.3 Å². The number of esters is 1. The maximum absolute atomic E-state index is 13.7. The molecule has 0 unspecified atom stereocenters. The lowest BCUT2D eigenvalue weighted by Crippen LogP contribution is -2.48. The fourth-order valence-corrected chi connectivity index (χ4v) is 6.24. The number of carbonyl (C=O) groups excluding carboxylic acids is 2. The van der Waals surface area contributed by atoms with Crippen LogP contribution >= 0.6 is 0 Å². The first-order chi connectivity index (χ1) is 18.4. The van der Waals surface area contributed by atoms with Crippen LogP contribution in [0.2, 0.25) is 0 Å². The average Bonchev–Trinajstić information content (AvgIpc) is 3.57. The number of aryl methyl sites for hydroxylation is 2. The van der Waals surface area contributed by atoms with Crippen molar-refractivity contribution in [2.75, 3.05) is 26.9 Å². The molecule has 1 amide bonds. The molecule has 38 heavy (non-hydrogen) atoms. The van der Waals surface area contributed by atoms with E-state index in [4.69, 9.17) is 24.1 Å². The fourth-order valence-electron chi connectivity index (χ4n) is 6.24. The predicted octanol–water partition coefficient (Wildman–Crippen LogP) is 4.43. The van der Waals surface area contributed by atoms with Crippen molar-refractivity contribution in [2.45, 2.75) is 89.2 Å². The van der Waals surface area contributed by atoms with Crippen LogP contribution in [-0.4, -0.2) is 62.2 Å². The maximum atomic E-state index is 13.7. The van der Waals surface area contributed by atoms with Crippen molar-refractivity contribution in [3.05, 3.63) is 29.3 Å². The minimum absolute atomic E-state index is 0.0233. The lowest BCUT2D eigenvalue weighted by atomic mass is 9.76. The number of ether oxygens (including phenoxy) is 4. The minimum Gasteiger partial charge on any atom is -0.450 e. The van der Waals surface area contributed by atoms with E-state index in [1.165, 1.54) is 11.1 Å². The summed E-state index contributed by atoms with van der Waals surface area (Å²) in [6.45, 7) is 0.951. The first-order valence-corrected chi connectivity index (χ1v) is 14.0. The summed E-state index contributed by atoms with van der Waals surface area (Å²) in [4.78, 5) is 37.9. The second-order valence-electron chi connectivity index (χ2n) is 11.0. The standard InChI is InChI=1S/C29H41NO8/c1-35-15-16-36-19-22(26(31)37-25-10-7-20-5-4-6-21(20)17-25)18-29(13-2-3-14-29)27(32)30-23-8-11-24(12-9-23)38-28(33)34/h7,10,17,22-24H,2-6,8-9,11-16,18-19H2,1H3,(H,30,32)(H,33,34)/t22-,23-,24+/m0/s1. The van der Waals surface area contributed by atoms with E-state index in [0.717, 1.165) is 44.9 Å². The van der Waals surface area contributed by atoms with E-state index >= 15 is 0 Å². The van der Waals surface area contributed by atoms with Gasteiger partial charge in [0.15, 0.2) is 0 Å². The number of methoxy groups -OCH3 is 1. The zero-order valence-corrected chi connectivity index (χ0v) is 22.4. The number of carboxylic acid groups (broad SMARTS) is 1. The molecule has 0 saturated heterocycles. The Bertz CT molecular complexity index is 965. The van der Waals surface area contributed by atoms with E-state index in [1.807, 2.05) is 18.2 Å². The van der Waals surface area contributed by atoms with Crippen molar-refractivity contribution in [3.63, 3.8) is 0 Å². The van der Waals surface area contributed by atoms with E-state index in [9.17, 15) is 14.4 Å². The Morgan fingerprint density at radius 2 is 1.76 bits per heavy atom. The predicted molar refractivity (Wildman–Crippen MR) is 139 cm³/mol. The Labute approximate surface area is 224 Å². The van der Waals surface area contributed by atoms with E-state index in [0.29, 0.717) is 51.1 Å². The largest absolute Gasteiger partial charge is 0.506 e. The summed E-state index contributed by atoms with van der Waals surface area (Å²) >= 11 is 0. The summed E-state index contributed by atoms with van der Waals surface area (Å²) in [6.07, 6.45) is 7.80. The Balaban J connectivity index is 1.41. The smallest absolute Gasteiger partial charge is 0.450 e. The summed E-state index contributed by atoms with van der Waals surface area (Å²) in [6, 6.07) is 5.83. The van der Waals surface area contributed by atoms with Gasteiger partial charge in [-0.2, -0.15) is 0 Å². The Morgan fingerprint density at radius 3 is 2.47 bits per heavy atom. The lowest BCUT2D eigenvalue weighted by molar-refractivity contribution is -0.144. The number of fused-ring (bicyclic) bond motifs is 1. The first-order valence-electron chi connectivity index (χ1n) is 14.0. The van der Waals surface area contributed by atoms with Gasteiger partial charge in [0, 0.05) is 13.2 Å². The van der Waals surface area contributed by atoms with Gasteiger partial charge < -0.3 is 29.4 Å². The molecule has 3 aliphatic carbocycles. The van der Waals surface area contributed by atoms with Crippen LogP contribution in [0.3, 0.4) is 0 Å². The highest BCUT2D eigenvalue weighted by Gasteiger charge is 2.45. The summed E-state index contributed by atoms with van der Waals surface area (Å²) in [5.41, 5.74) is 1.90. The summed E-state index contributed by atoms with van der Waals surface area (Å²) in [5.74, 6) is -0.429. The second-order valence-corrected chi connectivity index (χ2v) is 11.0. The van der Waals surface area contributed by atoms with Gasteiger partial charge in [0.05, 0.1) is 31.2 Å². The summed E-state index contributed by atoms with van der Waals surface area (Å²) < 4.78 is 21.6. The Morgan fingerprint density at radius 1 is 1.03 bits per heavy atom. The quantitative estimate of drug-likeness (QED) is 0.231. The van der Waals surface area contributed by atoms with E-state index in [1.54, 1.807) is 7.11 Å². The van der Waals surface area contributed by atoms with Crippen LogP contribution in [-0.2, 0) is 36.6 Å². The number of nitrogens with one attached hydrogen (secondary N) is 1. The van der Waals surface area contributed by atoms with E-state index in [2.05, 4.69) is 5.32 Å². The number of hydrogen-bond acceptors (Lipinski definition) is 7. The van der Waals surface area contributed by atoms with E-state index in [-0.39, 0.29) is 30.6 Å². The maximum Gasteiger partial charge on any atom is 0.506 e. The highest BCUT2D eigenvalue weighted by molar-refractivity contribution is 5.84. The molecule has 1 atom stereocenters. The monoisotopic (exact) mass is 531 g/mol. The van der Waals surface area contributed by atoms with Gasteiger partial charge in [0.1, 0.15) is 11.9 Å². The van der Waals surface area contributed by atoms with Crippen molar-refractivity contribution in [1.29, 1.82) is 0 Å². The van der Waals surface area contributed by atoms with Crippen LogP contribution in [0, 0.1) is 11.3 Å². The number of hydrogen-bond donors (Lipinski definition) is 2. The topological polar surface area (TPSA) is 120 Å². The molecule has 2 fully saturated rings. The zero-order chi connectivity index (χ0) is 27.0. The molecule has 9 heteroatoms. The van der Waals surface area contributed by atoms with Gasteiger partial charge in [-0.05, 0) is 87.5 Å². The fraction of sp³-hybridized carbons (Fsp3) is 0.690. The summed E-state index contributed by atoms with van der Waals surface area (Å²) in [7, 11) is 1.60. The molecule has 2 N–H and O–H groups in total. The molecular formula is C29H41NO8. The van der Waals surface area contributed by atoms with Gasteiger partial charge in [-0.3, -0.25) is 9.59 Å². The number of benzene rings is 1. The molecule has 0 radical (unpaired) electrons. The van der Waals surface area contributed by atoms with E-state index < -0.39 is 17.5 Å². The molecule has 4 rings (SSSR count). The van der Waals surface area contributed by atoms with Gasteiger partial charge in [-0.15, -0.1) is 0 Å². The van der Waals surface area contributed by atoms with Gasteiger partial charge >= 0.3 is 12.1 Å². The highest BCUT2D eigenvalue weighted by Crippen LogP contribution is 2.44. The van der Waals surface area contributed by atoms with Gasteiger partial charge in [-0.1, -0.05) is 18.9 Å². The first kappa shape index (κ1) is 28.4. The molecule has 0 aromatic heterocycles. The molecule has 3 aliphatic rings. The van der Waals surface area contributed by atoms with Crippen molar-refractivity contribution in [3.8, 4) is 5.75 Å². The zero-order valence-electron chi connectivity index (χ0n) is 22.4. The molecule has 210 valence electrons. The van der Waals surface area contributed by atoms with Crippen LogP contribution in [0.5, 0.6) is 5.75 Å². The van der Waals surface area contributed by atoms with Gasteiger partial charge in [0.2, 0.25) is 5.91 Å². The SMILES string of the molecule is COCCOC[C@H](CC1(C(=O)N[C@H]2CC[C@@H](OC(=O)O)CC2)CCCC1)C(=O)Oc1ccc2c(c1)CCC2. The molecule has 0 spiro atoms. The molecule has 0 aliphatic heterocycles. The number of amides is 1. The average molecular weight is 532 g/mol. The lowest BCUT2D eigenvalue weighted by Gasteiger charge is -2.35. The molecule has 0 bridgehead atoms. The minimum atomic E-state index is -1.26. The van der Waals surface area contributed by atoms with Crippen LogP contribution in [0.4, 0.5) is 4.79 Å². The molecule has 1 aromatic rings. The van der Waals surface area contributed by atoms with Crippen molar-refractivity contribution >= 4 is 18.0 Å². The van der Waals surface area contributed by atoms with Crippen LogP contribution in [0.25, 0.3) is 0 Å². The van der Waals surface area contributed by atoms with Gasteiger partial charge in [-0.25, -0.2) is 4.79 Å². The molecular weight excluding hydrogens is 490 g/mol. The number of rotatable bonds is 12. The Kier molecular flexibility index (Phi) is 10.0. The van der Waals surface area contributed by atoms with Crippen molar-refractivity contribution in [1.82, 2.24) is 5.32 Å². The third-order valence-corrected chi connectivity index (χ3v) is 8.33. The van der Waals surface area contributed by atoms with Crippen LogP contribution in [0.1, 0.15) is 75.3 Å². The van der Waals surface area contributed by atoms with Crippen LogP contribution < -0.4 is 10.1 Å². The van der Waals surface area contributed by atoms with Crippen LogP contribution in [0.15, 0.2) is 18.2 Å². The summed E-state index contributed by atoms with van der Waals surface area (Å²) in [5, 5.41) is 12.1. The molecule has 9 nitrogen and oxygen atoms in total. The van der Waals surface area contributed by atoms with Crippen molar-refractivity contribution < 1.29 is 38.4 Å². The molecule has 1 aromatic carbocycles. The molecule has 2 saturated carbocycles. The molecule has 0 heterocycles. The number of carbonyl (C=O) groups is 3. The Hall–Kier alpha value is -2.65.